The molecule has 0 radical (unpaired) electrons. The van der Waals surface area contributed by atoms with Gasteiger partial charge in [0.1, 0.15) is 13.2 Å². The third kappa shape index (κ3) is 53.9. The van der Waals surface area contributed by atoms with Crippen molar-refractivity contribution in [1.82, 2.24) is 0 Å². The lowest BCUT2D eigenvalue weighted by atomic mass is 10.1. The van der Waals surface area contributed by atoms with Crippen molar-refractivity contribution >= 4 is 17.9 Å². The molecular formula is C61H108O6. The minimum atomic E-state index is -0.784. The van der Waals surface area contributed by atoms with Gasteiger partial charge >= 0.3 is 17.9 Å². The first-order chi connectivity index (χ1) is 33.0. The average molecular weight is 938 g/mol. The van der Waals surface area contributed by atoms with Crippen LogP contribution in [-0.2, 0) is 28.6 Å². The summed E-state index contributed by atoms with van der Waals surface area (Å²) in [6.07, 6.45) is 69.2. The monoisotopic (exact) mass is 937 g/mol. The van der Waals surface area contributed by atoms with E-state index in [1.807, 2.05) is 0 Å². The standard InChI is InChI=1S/C61H108O6/c1-4-7-10-13-16-19-22-25-28-29-30-31-34-36-39-42-45-48-51-54-60(63)66-57-58(67-61(64)55-52-49-46-43-40-37-33-27-24-21-18-15-12-9-6-3)56-65-59(62)53-50-47-44-41-38-35-32-26-23-20-17-14-11-8-5-2/h8,11,17,20-21,24-26,28,32,58H,4-7,9-10,12-16,18-19,22-23,27,29-31,33-57H2,1-3H3/b11-8-,20-17-,24-21-,28-25-,32-26-/t58-/m1/s1. The van der Waals surface area contributed by atoms with Gasteiger partial charge in [-0.2, -0.15) is 0 Å². The third-order valence-electron chi connectivity index (χ3n) is 12.5. The van der Waals surface area contributed by atoms with E-state index in [9.17, 15) is 14.4 Å². The zero-order valence-electron chi connectivity index (χ0n) is 44.4. The first-order valence-electron chi connectivity index (χ1n) is 28.8. The highest BCUT2D eigenvalue weighted by Crippen LogP contribution is 2.15. The van der Waals surface area contributed by atoms with Crippen molar-refractivity contribution in [2.75, 3.05) is 13.2 Å². The maximum Gasteiger partial charge on any atom is 0.306 e. The van der Waals surface area contributed by atoms with E-state index in [1.165, 1.54) is 154 Å². The number of unbranched alkanes of at least 4 members (excludes halogenated alkanes) is 31. The fourth-order valence-electron chi connectivity index (χ4n) is 8.15. The maximum atomic E-state index is 12.8. The molecule has 0 spiro atoms. The Balaban J connectivity index is 4.37. The van der Waals surface area contributed by atoms with Crippen LogP contribution in [-0.4, -0.2) is 37.2 Å². The van der Waals surface area contributed by atoms with Crippen LogP contribution < -0.4 is 0 Å². The second-order valence-corrected chi connectivity index (χ2v) is 19.2. The van der Waals surface area contributed by atoms with Gasteiger partial charge < -0.3 is 14.2 Å². The Labute approximate surface area is 415 Å². The van der Waals surface area contributed by atoms with Crippen molar-refractivity contribution < 1.29 is 28.6 Å². The van der Waals surface area contributed by atoms with E-state index in [-0.39, 0.29) is 31.1 Å². The van der Waals surface area contributed by atoms with E-state index in [2.05, 4.69) is 81.5 Å². The van der Waals surface area contributed by atoms with Gasteiger partial charge in [0.25, 0.3) is 0 Å². The Hall–Kier alpha value is -2.89. The van der Waals surface area contributed by atoms with Crippen LogP contribution in [0.3, 0.4) is 0 Å². The predicted molar refractivity (Wildman–Crippen MR) is 288 cm³/mol. The van der Waals surface area contributed by atoms with E-state index >= 15 is 0 Å². The number of carbonyl (C=O) groups is 3. The third-order valence-corrected chi connectivity index (χ3v) is 12.5. The molecule has 0 aliphatic carbocycles. The van der Waals surface area contributed by atoms with E-state index < -0.39 is 6.10 Å². The molecule has 0 aliphatic heterocycles. The zero-order chi connectivity index (χ0) is 48.6. The molecule has 0 bridgehead atoms. The normalized spacial score (nSPS) is 12.5. The zero-order valence-corrected chi connectivity index (χ0v) is 44.4. The second-order valence-electron chi connectivity index (χ2n) is 19.2. The number of hydrogen-bond donors (Lipinski definition) is 0. The van der Waals surface area contributed by atoms with Gasteiger partial charge in [0, 0.05) is 19.3 Å². The molecule has 0 fully saturated rings. The molecule has 0 aromatic heterocycles. The summed E-state index contributed by atoms with van der Waals surface area (Å²) in [6.45, 7) is 6.52. The summed E-state index contributed by atoms with van der Waals surface area (Å²) in [5, 5.41) is 0. The summed E-state index contributed by atoms with van der Waals surface area (Å²) >= 11 is 0. The van der Waals surface area contributed by atoms with Crippen LogP contribution in [0.15, 0.2) is 60.8 Å². The quantitative estimate of drug-likeness (QED) is 0.0262. The van der Waals surface area contributed by atoms with Crippen molar-refractivity contribution in [3.05, 3.63) is 60.8 Å². The highest BCUT2D eigenvalue weighted by molar-refractivity contribution is 5.71. The molecule has 67 heavy (non-hydrogen) atoms. The van der Waals surface area contributed by atoms with Crippen LogP contribution in [0.25, 0.3) is 0 Å². The number of rotatable bonds is 52. The molecule has 0 saturated heterocycles. The maximum absolute atomic E-state index is 12.8. The number of esters is 3. The number of allylic oxidation sites excluding steroid dienone is 10. The van der Waals surface area contributed by atoms with E-state index in [4.69, 9.17) is 14.2 Å². The van der Waals surface area contributed by atoms with Crippen LogP contribution in [0.1, 0.15) is 290 Å². The smallest absolute Gasteiger partial charge is 0.306 e. The van der Waals surface area contributed by atoms with Gasteiger partial charge in [-0.3, -0.25) is 14.4 Å². The summed E-state index contributed by atoms with van der Waals surface area (Å²) in [6, 6.07) is 0. The minimum Gasteiger partial charge on any atom is -0.462 e. The van der Waals surface area contributed by atoms with Gasteiger partial charge in [-0.25, -0.2) is 0 Å². The molecule has 1 atom stereocenters. The molecule has 0 aliphatic rings. The SMILES string of the molecule is CC/C=C\C/C=C\C/C=C\CCCCCCCC(=O)OC[C@H](COC(=O)CCCCCCCCCCC/C=C\CCCCCCCC)OC(=O)CCCCCCCCC/C=C\CCCCCC. The van der Waals surface area contributed by atoms with Crippen LogP contribution in [0, 0.1) is 0 Å². The van der Waals surface area contributed by atoms with Gasteiger partial charge in [-0.05, 0) is 103 Å². The van der Waals surface area contributed by atoms with Gasteiger partial charge in [-0.1, -0.05) is 229 Å². The molecule has 0 N–H and O–H groups in total. The lowest BCUT2D eigenvalue weighted by Gasteiger charge is -2.18. The highest BCUT2D eigenvalue weighted by Gasteiger charge is 2.19. The fourth-order valence-corrected chi connectivity index (χ4v) is 8.15. The van der Waals surface area contributed by atoms with Crippen molar-refractivity contribution in [2.45, 2.75) is 297 Å². The minimum absolute atomic E-state index is 0.0815. The van der Waals surface area contributed by atoms with Crippen molar-refractivity contribution in [3.8, 4) is 0 Å². The molecule has 0 rings (SSSR count). The van der Waals surface area contributed by atoms with Gasteiger partial charge in [0.15, 0.2) is 6.10 Å². The summed E-state index contributed by atoms with van der Waals surface area (Å²) in [7, 11) is 0. The summed E-state index contributed by atoms with van der Waals surface area (Å²) in [4.78, 5) is 38.1. The highest BCUT2D eigenvalue weighted by atomic mass is 16.6. The van der Waals surface area contributed by atoms with Gasteiger partial charge in [0.05, 0.1) is 0 Å². The largest absolute Gasteiger partial charge is 0.462 e. The summed E-state index contributed by atoms with van der Waals surface area (Å²) < 4.78 is 16.9. The Bertz CT molecular complexity index is 1210. The number of hydrogen-bond acceptors (Lipinski definition) is 6. The molecule has 0 aromatic rings. The van der Waals surface area contributed by atoms with Crippen molar-refractivity contribution in [1.29, 1.82) is 0 Å². The van der Waals surface area contributed by atoms with E-state index in [0.717, 1.165) is 96.3 Å². The van der Waals surface area contributed by atoms with Crippen LogP contribution in [0.4, 0.5) is 0 Å². The van der Waals surface area contributed by atoms with Crippen molar-refractivity contribution in [2.24, 2.45) is 0 Å². The van der Waals surface area contributed by atoms with Gasteiger partial charge in [-0.15, -0.1) is 0 Å². The Morgan fingerprint density at radius 3 is 0.940 bits per heavy atom. The Kier molecular flexibility index (Phi) is 53.3. The lowest BCUT2D eigenvalue weighted by molar-refractivity contribution is -0.167. The van der Waals surface area contributed by atoms with Crippen LogP contribution in [0.2, 0.25) is 0 Å². The topological polar surface area (TPSA) is 78.9 Å². The molecule has 0 heterocycles. The van der Waals surface area contributed by atoms with Gasteiger partial charge in [0.2, 0.25) is 0 Å². The Morgan fingerprint density at radius 2 is 0.582 bits per heavy atom. The molecule has 388 valence electrons. The van der Waals surface area contributed by atoms with Crippen molar-refractivity contribution in [3.63, 3.8) is 0 Å². The first kappa shape index (κ1) is 64.1. The first-order valence-corrected chi connectivity index (χ1v) is 28.8. The van der Waals surface area contributed by atoms with Crippen LogP contribution in [0.5, 0.6) is 0 Å². The van der Waals surface area contributed by atoms with E-state index in [0.29, 0.717) is 19.3 Å². The second kappa shape index (κ2) is 55.7. The Morgan fingerprint density at radius 1 is 0.313 bits per heavy atom. The molecule has 0 amide bonds. The molecule has 6 nitrogen and oxygen atoms in total. The molecule has 0 saturated carbocycles. The number of carbonyl (C=O) groups excluding carboxylic acids is 3. The van der Waals surface area contributed by atoms with E-state index in [1.54, 1.807) is 0 Å². The average Bonchev–Trinajstić information content (AvgIpc) is 3.33. The molecule has 6 heteroatoms. The predicted octanol–water partition coefficient (Wildman–Crippen LogP) is 19.2. The summed E-state index contributed by atoms with van der Waals surface area (Å²) in [5.41, 5.74) is 0. The summed E-state index contributed by atoms with van der Waals surface area (Å²) in [5.74, 6) is -0.895. The molecular weight excluding hydrogens is 829 g/mol. The molecule has 0 unspecified atom stereocenters. The number of ether oxygens (including phenoxy) is 3. The lowest BCUT2D eigenvalue weighted by Crippen LogP contribution is -2.30. The fraction of sp³-hybridized carbons (Fsp3) is 0.787. The molecule has 0 aromatic carbocycles. The van der Waals surface area contributed by atoms with Crippen LogP contribution >= 0.6 is 0 Å².